The van der Waals surface area contributed by atoms with Crippen LogP contribution in [-0.4, -0.2) is 89.1 Å². The third-order valence-corrected chi connectivity index (χ3v) is 6.07. The molecule has 204 valence electrons. The lowest BCUT2D eigenvalue weighted by Crippen LogP contribution is -2.60. The van der Waals surface area contributed by atoms with Crippen molar-refractivity contribution in [1.82, 2.24) is 14.8 Å². The van der Waals surface area contributed by atoms with E-state index in [9.17, 15) is 19.1 Å². The Bertz CT molecular complexity index is 1100. The normalized spacial score (nSPS) is 18.2. The highest BCUT2D eigenvalue weighted by Gasteiger charge is 2.39. The van der Waals surface area contributed by atoms with Crippen LogP contribution in [-0.2, 0) is 9.47 Å². The number of piperidine rings is 1. The van der Waals surface area contributed by atoms with Crippen LogP contribution in [0.2, 0.25) is 0 Å². The quantitative estimate of drug-likeness (QED) is 0.526. The van der Waals surface area contributed by atoms with Gasteiger partial charge >= 0.3 is 6.09 Å². The van der Waals surface area contributed by atoms with Gasteiger partial charge < -0.3 is 29.1 Å². The number of para-hydroxylation sites is 1. The first kappa shape index (κ1) is 28.6. The molecule has 2 unspecified atom stereocenters. The van der Waals surface area contributed by atoms with E-state index in [4.69, 9.17) is 14.2 Å². The van der Waals surface area contributed by atoms with Gasteiger partial charge in [0.15, 0.2) is 0 Å². The number of benzene rings is 1. The van der Waals surface area contributed by atoms with Crippen molar-refractivity contribution in [2.45, 2.75) is 71.2 Å². The summed E-state index contributed by atoms with van der Waals surface area (Å²) in [5.41, 5.74) is -0.650. The molecule has 1 N–H and O–H groups in total. The number of aromatic nitrogens is 1. The van der Waals surface area contributed by atoms with Crippen LogP contribution in [0.15, 0.2) is 24.3 Å². The van der Waals surface area contributed by atoms with Crippen LogP contribution in [0, 0.1) is 5.82 Å². The summed E-state index contributed by atoms with van der Waals surface area (Å²) in [5, 5.41) is 11.3. The first-order valence-corrected chi connectivity index (χ1v) is 12.6. The second-order valence-corrected chi connectivity index (χ2v) is 10.5. The smallest absolute Gasteiger partial charge is 0.410 e. The van der Waals surface area contributed by atoms with Gasteiger partial charge in [-0.25, -0.2) is 14.2 Å². The molecule has 0 spiro atoms. The maximum absolute atomic E-state index is 14.7. The van der Waals surface area contributed by atoms with E-state index in [1.165, 1.54) is 21.9 Å². The molecule has 1 aromatic heterocycles. The summed E-state index contributed by atoms with van der Waals surface area (Å²) >= 11 is 0. The molecule has 9 nitrogen and oxygen atoms in total. The monoisotopic (exact) mass is 519 g/mol. The van der Waals surface area contributed by atoms with Crippen molar-refractivity contribution in [2.75, 3.05) is 33.4 Å². The fourth-order valence-electron chi connectivity index (χ4n) is 4.38. The molecule has 2 amide bonds. The Labute approximate surface area is 217 Å². The lowest BCUT2D eigenvalue weighted by Gasteiger charge is -2.43. The van der Waals surface area contributed by atoms with Gasteiger partial charge in [-0.05, 0) is 53.2 Å². The third-order valence-electron chi connectivity index (χ3n) is 6.07. The number of methoxy groups -OCH3 is 1. The number of hydrogen-bond acceptors (Lipinski definition) is 7. The van der Waals surface area contributed by atoms with Crippen LogP contribution in [0.5, 0.6) is 5.75 Å². The number of hydrogen-bond donors (Lipinski definition) is 1. The van der Waals surface area contributed by atoms with Crippen molar-refractivity contribution in [3.8, 4) is 5.75 Å². The van der Waals surface area contributed by atoms with Crippen molar-refractivity contribution in [3.05, 3.63) is 35.8 Å². The van der Waals surface area contributed by atoms with Crippen LogP contribution in [0.4, 0.5) is 9.18 Å². The second-order valence-electron chi connectivity index (χ2n) is 10.5. The summed E-state index contributed by atoms with van der Waals surface area (Å²) in [4.78, 5) is 33.9. The number of nitrogens with zero attached hydrogens (tertiary/aromatic N) is 3. The zero-order valence-electron chi connectivity index (χ0n) is 22.5. The highest BCUT2D eigenvalue weighted by molar-refractivity contribution is 5.97. The molecule has 1 fully saturated rings. The SMILES string of the molecule is COCCCOc1cc(C(=O)N(C(C)C)C2CN(C(=O)OC(C)(C)C)CCC2O)nc2c(F)cccc12. The van der Waals surface area contributed by atoms with Gasteiger partial charge in [0.2, 0.25) is 0 Å². The molecular weight excluding hydrogens is 481 g/mol. The van der Waals surface area contributed by atoms with E-state index in [-0.39, 0.29) is 30.2 Å². The van der Waals surface area contributed by atoms with Crippen molar-refractivity contribution in [2.24, 2.45) is 0 Å². The molecule has 2 atom stereocenters. The Morgan fingerprint density at radius 3 is 2.65 bits per heavy atom. The Morgan fingerprint density at radius 2 is 2.00 bits per heavy atom. The van der Waals surface area contributed by atoms with E-state index in [1.807, 2.05) is 13.8 Å². The van der Waals surface area contributed by atoms with Gasteiger partial charge in [-0.15, -0.1) is 0 Å². The van der Waals surface area contributed by atoms with Crippen LogP contribution in [0.3, 0.4) is 0 Å². The van der Waals surface area contributed by atoms with E-state index in [2.05, 4.69) is 4.98 Å². The molecule has 2 heterocycles. The van der Waals surface area contributed by atoms with Gasteiger partial charge in [0, 0.05) is 50.7 Å². The zero-order chi connectivity index (χ0) is 27.3. The Kier molecular flexibility index (Phi) is 9.31. The highest BCUT2D eigenvalue weighted by Crippen LogP contribution is 2.29. The molecular formula is C27H38FN3O6. The van der Waals surface area contributed by atoms with Gasteiger partial charge in [-0.3, -0.25) is 4.79 Å². The van der Waals surface area contributed by atoms with Gasteiger partial charge in [0.05, 0.1) is 18.8 Å². The molecule has 3 rings (SSSR count). The predicted octanol–water partition coefficient (Wildman–Crippen LogP) is 4.01. The van der Waals surface area contributed by atoms with Crippen LogP contribution >= 0.6 is 0 Å². The molecule has 37 heavy (non-hydrogen) atoms. The minimum absolute atomic E-state index is 0.00497. The first-order chi connectivity index (χ1) is 17.4. The molecule has 1 saturated heterocycles. The number of fused-ring (bicyclic) bond motifs is 1. The molecule has 1 aliphatic rings. The summed E-state index contributed by atoms with van der Waals surface area (Å²) in [6.07, 6.45) is -0.454. The largest absolute Gasteiger partial charge is 0.493 e. The number of rotatable bonds is 8. The number of ether oxygens (including phenoxy) is 3. The van der Waals surface area contributed by atoms with Gasteiger partial charge in [0.1, 0.15) is 28.4 Å². The van der Waals surface area contributed by atoms with E-state index in [0.717, 1.165) is 0 Å². The molecule has 0 radical (unpaired) electrons. The molecule has 0 bridgehead atoms. The zero-order valence-corrected chi connectivity index (χ0v) is 22.5. The highest BCUT2D eigenvalue weighted by atomic mass is 19.1. The van der Waals surface area contributed by atoms with Crippen molar-refractivity contribution < 1.29 is 33.3 Å². The van der Waals surface area contributed by atoms with E-state index < -0.39 is 35.6 Å². The number of carbonyl (C=O) groups excluding carboxylic acids is 2. The number of aliphatic hydroxyl groups is 1. The number of halogens is 1. The second kappa shape index (κ2) is 12.0. The molecule has 0 saturated carbocycles. The maximum Gasteiger partial charge on any atom is 0.410 e. The fraction of sp³-hybridized carbons (Fsp3) is 0.593. The number of amides is 2. The molecule has 0 aliphatic carbocycles. The number of pyridine rings is 1. The minimum atomic E-state index is -0.855. The van der Waals surface area contributed by atoms with E-state index in [1.54, 1.807) is 40.0 Å². The lowest BCUT2D eigenvalue weighted by atomic mass is 9.98. The van der Waals surface area contributed by atoms with Crippen LogP contribution in [0.25, 0.3) is 10.9 Å². The van der Waals surface area contributed by atoms with Gasteiger partial charge in [-0.2, -0.15) is 0 Å². The maximum atomic E-state index is 14.7. The average molecular weight is 520 g/mol. The first-order valence-electron chi connectivity index (χ1n) is 12.6. The molecule has 2 aromatic rings. The van der Waals surface area contributed by atoms with Gasteiger partial charge in [0.25, 0.3) is 5.91 Å². The van der Waals surface area contributed by atoms with E-state index in [0.29, 0.717) is 37.3 Å². The summed E-state index contributed by atoms with van der Waals surface area (Å²) in [7, 11) is 1.60. The number of likely N-dealkylation sites (tertiary alicyclic amines) is 1. The van der Waals surface area contributed by atoms with Crippen LogP contribution < -0.4 is 4.74 Å². The Morgan fingerprint density at radius 1 is 1.27 bits per heavy atom. The number of carbonyl (C=O) groups is 2. The Balaban J connectivity index is 1.94. The summed E-state index contributed by atoms with van der Waals surface area (Å²) in [6.45, 7) is 10.2. The fourth-order valence-corrected chi connectivity index (χ4v) is 4.38. The average Bonchev–Trinajstić information content (AvgIpc) is 2.82. The third kappa shape index (κ3) is 7.07. The predicted molar refractivity (Wildman–Crippen MR) is 137 cm³/mol. The molecule has 1 aliphatic heterocycles. The lowest BCUT2D eigenvalue weighted by molar-refractivity contribution is -0.0290. The summed E-state index contributed by atoms with van der Waals surface area (Å²) in [6, 6.07) is 5.00. The topological polar surface area (TPSA) is 101 Å². The summed E-state index contributed by atoms with van der Waals surface area (Å²) in [5.74, 6) is -0.719. The van der Waals surface area contributed by atoms with Crippen molar-refractivity contribution >= 4 is 22.9 Å². The standard InChI is InChI=1S/C27H38FN3O6/c1-17(2)31(21-16-30(12-11-22(21)32)26(34)37-27(3,4)5)25(33)20-15-23(36-14-8-13-35-6)18-9-7-10-19(28)24(18)29-20/h7,9-10,15,17,21-22,32H,8,11-14,16H2,1-6H3. The van der Waals surface area contributed by atoms with Gasteiger partial charge in [-0.1, -0.05) is 6.07 Å². The summed E-state index contributed by atoms with van der Waals surface area (Å²) < 4.78 is 31.2. The molecule has 1 aromatic carbocycles. The number of aliphatic hydroxyl groups excluding tert-OH is 1. The molecule has 10 heteroatoms. The Hall–Kier alpha value is -2.98. The minimum Gasteiger partial charge on any atom is -0.493 e. The van der Waals surface area contributed by atoms with E-state index >= 15 is 0 Å². The van der Waals surface area contributed by atoms with Crippen LogP contribution in [0.1, 0.15) is 57.9 Å². The van der Waals surface area contributed by atoms with Crippen molar-refractivity contribution in [1.29, 1.82) is 0 Å². The van der Waals surface area contributed by atoms with Crippen molar-refractivity contribution in [3.63, 3.8) is 0 Å².